The molecule has 8 rings (SSSR count). The van der Waals surface area contributed by atoms with Crippen molar-refractivity contribution in [2.24, 2.45) is 4.99 Å². The van der Waals surface area contributed by atoms with Crippen LogP contribution < -0.4 is 16.1 Å². The summed E-state index contributed by atoms with van der Waals surface area (Å²) in [6, 6.07) is 12.0. The maximum atomic E-state index is 13.8. The van der Waals surface area contributed by atoms with Crippen LogP contribution in [0, 0.1) is 20.8 Å². The van der Waals surface area contributed by atoms with Crippen LogP contribution in [0.3, 0.4) is 0 Å². The molecule has 21 heteroatoms. The summed E-state index contributed by atoms with van der Waals surface area (Å²) in [6.45, 7) is 11.7. The highest BCUT2D eigenvalue weighted by Crippen LogP contribution is 2.40. The van der Waals surface area contributed by atoms with Gasteiger partial charge in [-0.15, -0.1) is 21.5 Å². The Hall–Kier alpha value is -5.61. The second-order valence-electron chi connectivity index (χ2n) is 16.9. The number of carbonyl (C=O) groups is 5. The van der Waals surface area contributed by atoms with E-state index in [0.717, 1.165) is 38.8 Å². The van der Waals surface area contributed by atoms with Crippen molar-refractivity contribution < 1.29 is 42.9 Å². The van der Waals surface area contributed by atoms with Crippen molar-refractivity contribution in [1.82, 2.24) is 40.3 Å². The van der Waals surface area contributed by atoms with Gasteiger partial charge in [0.05, 0.1) is 77.0 Å². The summed E-state index contributed by atoms with van der Waals surface area (Å²) in [7, 11) is 0. The lowest BCUT2D eigenvalue weighted by Gasteiger charge is -2.35. The number of thiophene rings is 1. The molecule has 0 bridgehead atoms. The summed E-state index contributed by atoms with van der Waals surface area (Å²) in [6.07, 6.45) is 0.841. The number of amides is 5. The van der Waals surface area contributed by atoms with E-state index in [1.807, 2.05) is 63.9 Å². The Morgan fingerprint density at radius 1 is 0.853 bits per heavy atom. The van der Waals surface area contributed by atoms with Gasteiger partial charge in [-0.05, 0) is 56.5 Å². The first kappa shape index (κ1) is 48.8. The van der Waals surface area contributed by atoms with Crippen molar-refractivity contribution in [3.8, 4) is 5.00 Å². The minimum atomic E-state index is -0.657. The van der Waals surface area contributed by atoms with E-state index < -0.39 is 18.0 Å². The first-order valence-electron chi connectivity index (χ1n) is 23.0. The van der Waals surface area contributed by atoms with E-state index in [0.29, 0.717) is 114 Å². The zero-order valence-corrected chi connectivity index (χ0v) is 40.1. The number of piperazine rings is 1. The normalized spacial score (nSPS) is 18.2. The molecule has 2 aromatic carbocycles. The summed E-state index contributed by atoms with van der Waals surface area (Å²) < 4.78 is 24.5. The fourth-order valence-electron chi connectivity index (χ4n) is 8.67. The number of fused-ring (bicyclic) bond motifs is 4. The third kappa shape index (κ3) is 11.5. The maximum absolute atomic E-state index is 13.8. The van der Waals surface area contributed by atoms with Gasteiger partial charge in [0.2, 0.25) is 23.6 Å². The number of hydrogen-bond acceptors (Lipinski definition) is 15. The molecule has 2 saturated heterocycles. The van der Waals surface area contributed by atoms with Gasteiger partial charge in [0, 0.05) is 72.4 Å². The predicted molar refractivity (Wildman–Crippen MR) is 253 cm³/mol. The third-order valence-electron chi connectivity index (χ3n) is 12.3. The first-order valence-corrected chi connectivity index (χ1v) is 24.2. The Labute approximate surface area is 403 Å². The van der Waals surface area contributed by atoms with Crippen molar-refractivity contribution in [3.05, 3.63) is 91.8 Å². The number of aryl methyl sites for hydroxylation is 2. The summed E-state index contributed by atoms with van der Waals surface area (Å²) in [5.41, 5.74) is 8.86. The lowest BCUT2D eigenvalue weighted by molar-refractivity contribution is -0.137. The quantitative estimate of drug-likeness (QED) is 0.0805. The number of benzene rings is 2. The monoisotopic (exact) mass is 972 g/mol. The summed E-state index contributed by atoms with van der Waals surface area (Å²) >= 11 is 7.92. The van der Waals surface area contributed by atoms with Crippen LogP contribution in [0.15, 0.2) is 47.5 Å². The van der Waals surface area contributed by atoms with E-state index in [-0.39, 0.29) is 49.5 Å². The molecule has 6 heterocycles. The molecule has 0 spiro atoms. The minimum absolute atomic E-state index is 0.0425. The Morgan fingerprint density at radius 3 is 2.25 bits per heavy atom. The Balaban J connectivity index is 0.660. The molecule has 0 aliphatic carbocycles. The van der Waals surface area contributed by atoms with Gasteiger partial charge in [0.1, 0.15) is 22.9 Å². The van der Waals surface area contributed by atoms with E-state index in [1.54, 1.807) is 11.3 Å². The van der Waals surface area contributed by atoms with Crippen molar-refractivity contribution >= 4 is 63.9 Å². The topological polar surface area (TPSA) is 211 Å². The van der Waals surface area contributed by atoms with Crippen LogP contribution in [-0.2, 0) is 44.7 Å². The van der Waals surface area contributed by atoms with E-state index in [1.165, 1.54) is 9.78 Å². The van der Waals surface area contributed by atoms with E-state index >= 15 is 0 Å². The van der Waals surface area contributed by atoms with Crippen LogP contribution >= 0.6 is 22.9 Å². The SMILES string of the molecule is Cc1sc2c(c1C)C(c1ccc(Cl)cc1)=N[C@@H](CC(=O)N1CCN(NC(=O)CCOCCOCCOCCOCCNc3cccc4c3C(=O)N(C3CCC(=O)NC3=O)C4)CC1)c1nnc(C)n1-2. The minimum Gasteiger partial charge on any atom is -0.382 e. The van der Waals surface area contributed by atoms with Gasteiger partial charge >= 0.3 is 0 Å². The first-order chi connectivity index (χ1) is 33.0. The zero-order chi connectivity index (χ0) is 47.7. The van der Waals surface area contributed by atoms with Gasteiger partial charge in [-0.2, -0.15) is 0 Å². The fourth-order valence-corrected chi connectivity index (χ4v) is 10.0. The molecule has 2 aromatic heterocycles. The van der Waals surface area contributed by atoms with Gasteiger partial charge < -0.3 is 34.1 Å². The Morgan fingerprint density at radius 2 is 1.54 bits per heavy atom. The molecular formula is C47H57ClN10O9S. The number of aliphatic imine (C=N–C) groups is 1. The number of hydrazine groups is 1. The summed E-state index contributed by atoms with van der Waals surface area (Å²) in [5.74, 6) is 0.192. The lowest BCUT2D eigenvalue weighted by Crippen LogP contribution is -2.55. The number of nitrogens with one attached hydrogen (secondary N) is 3. The second kappa shape index (κ2) is 22.7. The van der Waals surface area contributed by atoms with Crippen molar-refractivity contribution in [2.75, 3.05) is 90.9 Å². The Kier molecular flexibility index (Phi) is 16.3. The number of anilines is 1. The standard InChI is InChI=1S/C47H57ClN10O9S/c1-29-30(2)68-47-41(29)43(32-7-9-34(48)10-8-32)50-36(44-53-52-31(3)58(44)47)27-40(61)55-15-17-56(18-16-55)54-39(60)13-19-64-21-23-66-25-26-67-24-22-65-20-14-49-35-6-4-5-33-28-57(46(63)42(33)35)37-11-12-38(59)51-45(37)62/h4-10,36-37,49H,11-28H2,1-3H3,(H,54,60)(H,51,59,62)/t36-,37?/m0/s1. The maximum Gasteiger partial charge on any atom is 0.257 e. The molecule has 0 radical (unpaired) electrons. The fraction of sp³-hybridized carbons (Fsp3) is 0.489. The molecule has 68 heavy (non-hydrogen) atoms. The number of piperidine rings is 1. The Bertz CT molecular complexity index is 2520. The number of rotatable bonds is 21. The van der Waals surface area contributed by atoms with E-state index in [9.17, 15) is 24.0 Å². The molecule has 0 saturated carbocycles. The van der Waals surface area contributed by atoms with Crippen LogP contribution in [-0.4, -0.2) is 156 Å². The summed E-state index contributed by atoms with van der Waals surface area (Å²) in [5, 5.41) is 18.0. The molecule has 4 aliphatic heterocycles. The molecule has 3 N–H and O–H groups in total. The molecule has 2 atom stereocenters. The average molecular weight is 974 g/mol. The van der Waals surface area contributed by atoms with Crippen molar-refractivity contribution in [3.63, 3.8) is 0 Å². The van der Waals surface area contributed by atoms with E-state index in [4.69, 9.17) is 35.5 Å². The number of ether oxygens (including phenoxy) is 4. The van der Waals surface area contributed by atoms with Gasteiger partial charge in [0.15, 0.2) is 5.82 Å². The van der Waals surface area contributed by atoms with Crippen LogP contribution in [0.4, 0.5) is 5.69 Å². The highest BCUT2D eigenvalue weighted by atomic mass is 35.5. The lowest BCUT2D eigenvalue weighted by atomic mass is 9.99. The molecule has 2 fully saturated rings. The molecule has 19 nitrogen and oxygen atoms in total. The smallest absolute Gasteiger partial charge is 0.257 e. The van der Waals surface area contributed by atoms with Gasteiger partial charge in [-0.3, -0.25) is 44.3 Å². The highest BCUT2D eigenvalue weighted by Gasteiger charge is 2.40. The van der Waals surface area contributed by atoms with Crippen LogP contribution in [0.1, 0.15) is 80.9 Å². The van der Waals surface area contributed by atoms with Gasteiger partial charge in [-0.1, -0.05) is 35.9 Å². The van der Waals surface area contributed by atoms with E-state index in [2.05, 4.69) is 40.1 Å². The second-order valence-corrected chi connectivity index (χ2v) is 18.5. The zero-order valence-electron chi connectivity index (χ0n) is 38.5. The van der Waals surface area contributed by atoms with Crippen LogP contribution in [0.2, 0.25) is 5.02 Å². The number of hydrogen-bond donors (Lipinski definition) is 3. The van der Waals surface area contributed by atoms with Crippen molar-refractivity contribution in [2.45, 2.75) is 65.1 Å². The predicted octanol–water partition coefficient (Wildman–Crippen LogP) is 3.69. The molecule has 5 amide bonds. The molecule has 4 aromatic rings. The summed E-state index contributed by atoms with van der Waals surface area (Å²) in [4.78, 5) is 73.5. The number of imide groups is 1. The van der Waals surface area contributed by atoms with Crippen molar-refractivity contribution in [1.29, 1.82) is 0 Å². The van der Waals surface area contributed by atoms with Crippen LogP contribution in [0.25, 0.3) is 5.00 Å². The molecular weight excluding hydrogens is 916 g/mol. The number of halogens is 1. The molecule has 362 valence electrons. The number of aromatic nitrogens is 3. The third-order valence-corrected chi connectivity index (χ3v) is 13.8. The molecule has 4 aliphatic rings. The number of carbonyl (C=O) groups excluding carboxylic acids is 5. The van der Waals surface area contributed by atoms with Crippen LogP contribution in [0.5, 0.6) is 0 Å². The average Bonchev–Trinajstić information content (AvgIpc) is 3.94. The largest absolute Gasteiger partial charge is 0.382 e. The number of nitrogens with zero attached hydrogens (tertiary/aromatic N) is 7. The van der Waals surface area contributed by atoms with Gasteiger partial charge in [-0.25, -0.2) is 5.01 Å². The van der Waals surface area contributed by atoms with Gasteiger partial charge in [0.25, 0.3) is 5.91 Å². The highest BCUT2D eigenvalue weighted by molar-refractivity contribution is 7.15. The molecule has 1 unspecified atom stereocenters.